The summed E-state index contributed by atoms with van der Waals surface area (Å²) in [5, 5.41) is 7.10. The van der Waals surface area contributed by atoms with Crippen LogP contribution in [-0.2, 0) is 0 Å². The largest absolute Gasteiger partial charge is 0.455 e. The molecular formula is C50H33NO. The zero-order valence-electron chi connectivity index (χ0n) is 28.4. The third-order valence-corrected chi connectivity index (χ3v) is 10.3. The van der Waals surface area contributed by atoms with Gasteiger partial charge in [-0.15, -0.1) is 0 Å². The van der Waals surface area contributed by atoms with Crippen LogP contribution in [0.4, 0.5) is 17.1 Å². The quantitative estimate of drug-likeness (QED) is 0.176. The van der Waals surface area contributed by atoms with Crippen LogP contribution >= 0.6 is 0 Å². The molecule has 9 aromatic carbocycles. The molecule has 2 nitrogen and oxygen atoms in total. The Hall–Kier alpha value is -6.90. The molecule has 0 aliphatic carbocycles. The highest BCUT2D eigenvalue weighted by molar-refractivity contribution is 6.14. The monoisotopic (exact) mass is 663 g/mol. The summed E-state index contributed by atoms with van der Waals surface area (Å²) in [6.45, 7) is 0. The van der Waals surface area contributed by atoms with Crippen LogP contribution in [0.1, 0.15) is 0 Å². The second-order valence-corrected chi connectivity index (χ2v) is 13.3. The number of hydrogen-bond acceptors (Lipinski definition) is 2. The van der Waals surface area contributed by atoms with E-state index < -0.39 is 0 Å². The zero-order valence-corrected chi connectivity index (χ0v) is 28.4. The van der Waals surface area contributed by atoms with Gasteiger partial charge in [0.15, 0.2) is 0 Å². The first-order chi connectivity index (χ1) is 25.8. The van der Waals surface area contributed by atoms with Gasteiger partial charge in [-0.3, -0.25) is 0 Å². The molecule has 2 heteroatoms. The molecule has 0 saturated heterocycles. The number of nitrogens with zero attached hydrogens (tertiary/aromatic N) is 1. The van der Waals surface area contributed by atoms with E-state index in [-0.39, 0.29) is 0 Å². The topological polar surface area (TPSA) is 16.4 Å². The minimum absolute atomic E-state index is 0.887. The van der Waals surface area contributed by atoms with Crippen molar-refractivity contribution < 1.29 is 4.42 Å². The van der Waals surface area contributed by atoms with E-state index in [2.05, 4.69) is 205 Å². The van der Waals surface area contributed by atoms with Crippen LogP contribution in [-0.4, -0.2) is 0 Å². The lowest BCUT2D eigenvalue weighted by Crippen LogP contribution is -2.11. The smallest absolute Gasteiger partial charge is 0.143 e. The number of para-hydroxylation sites is 3. The Kier molecular flexibility index (Phi) is 7.18. The number of furan rings is 1. The number of anilines is 3. The van der Waals surface area contributed by atoms with Crippen LogP contribution in [0.25, 0.3) is 76.9 Å². The minimum Gasteiger partial charge on any atom is -0.455 e. The van der Waals surface area contributed by atoms with Crippen LogP contribution in [0, 0.1) is 0 Å². The van der Waals surface area contributed by atoms with Gasteiger partial charge < -0.3 is 9.32 Å². The lowest BCUT2D eigenvalue weighted by molar-refractivity contribution is 0.671. The maximum absolute atomic E-state index is 6.92. The van der Waals surface area contributed by atoms with Gasteiger partial charge in [0.25, 0.3) is 0 Å². The zero-order chi connectivity index (χ0) is 34.4. The summed E-state index contributed by atoms with van der Waals surface area (Å²) >= 11 is 0. The van der Waals surface area contributed by atoms with Gasteiger partial charge in [-0.25, -0.2) is 0 Å². The van der Waals surface area contributed by atoms with Gasteiger partial charge in [-0.05, 0) is 63.2 Å². The Bertz CT molecular complexity index is 2900. The van der Waals surface area contributed by atoms with Crippen molar-refractivity contribution in [2.45, 2.75) is 0 Å². The molecule has 1 heterocycles. The molecule has 10 rings (SSSR count). The molecular weight excluding hydrogens is 631 g/mol. The van der Waals surface area contributed by atoms with E-state index in [0.717, 1.165) is 61.3 Å². The molecule has 0 radical (unpaired) electrons. The fraction of sp³-hybridized carbons (Fsp3) is 0. The maximum atomic E-state index is 6.92. The lowest BCUT2D eigenvalue weighted by Gasteiger charge is -2.29. The van der Waals surface area contributed by atoms with Crippen LogP contribution < -0.4 is 4.90 Å². The Morgan fingerprint density at radius 3 is 1.69 bits per heavy atom. The van der Waals surface area contributed by atoms with E-state index in [0.29, 0.717) is 0 Å². The third-order valence-electron chi connectivity index (χ3n) is 10.3. The molecule has 0 amide bonds. The minimum atomic E-state index is 0.887. The Balaban J connectivity index is 1.17. The SMILES string of the molecule is c1ccc(-c2cccc3c2oc2c(-c4ccccc4N(c4ccc(-c5ccc6ccccc6c5)cc4)c4cccc5ccccc45)cccc23)cc1. The summed E-state index contributed by atoms with van der Waals surface area (Å²) in [5.41, 5.74) is 11.8. The van der Waals surface area contributed by atoms with E-state index in [1.807, 2.05) is 0 Å². The molecule has 0 aliphatic rings. The van der Waals surface area contributed by atoms with Gasteiger partial charge in [0, 0.05) is 38.5 Å². The Morgan fingerprint density at radius 2 is 0.865 bits per heavy atom. The van der Waals surface area contributed by atoms with Gasteiger partial charge in [0.1, 0.15) is 11.2 Å². The summed E-state index contributed by atoms with van der Waals surface area (Å²) in [4.78, 5) is 2.40. The molecule has 10 aromatic rings. The van der Waals surface area contributed by atoms with Crippen molar-refractivity contribution in [1.29, 1.82) is 0 Å². The van der Waals surface area contributed by atoms with Crippen molar-refractivity contribution in [3.63, 3.8) is 0 Å². The molecule has 0 aliphatic heterocycles. The predicted octanol–water partition coefficient (Wildman–Crippen LogP) is 14.4. The third kappa shape index (κ3) is 5.04. The fourth-order valence-corrected chi connectivity index (χ4v) is 7.76. The summed E-state index contributed by atoms with van der Waals surface area (Å²) in [7, 11) is 0. The average molecular weight is 664 g/mol. The fourth-order valence-electron chi connectivity index (χ4n) is 7.76. The molecule has 0 saturated carbocycles. The number of benzene rings is 9. The van der Waals surface area contributed by atoms with Crippen LogP contribution in [0.5, 0.6) is 0 Å². The van der Waals surface area contributed by atoms with Crippen molar-refractivity contribution in [3.8, 4) is 33.4 Å². The van der Waals surface area contributed by atoms with E-state index in [1.165, 1.54) is 32.7 Å². The van der Waals surface area contributed by atoms with Crippen molar-refractivity contribution in [3.05, 3.63) is 200 Å². The summed E-state index contributed by atoms with van der Waals surface area (Å²) in [6.07, 6.45) is 0. The number of rotatable bonds is 6. The molecule has 244 valence electrons. The van der Waals surface area contributed by atoms with Gasteiger partial charge >= 0.3 is 0 Å². The van der Waals surface area contributed by atoms with Gasteiger partial charge in [-0.1, -0.05) is 170 Å². The van der Waals surface area contributed by atoms with E-state index in [4.69, 9.17) is 4.42 Å². The maximum Gasteiger partial charge on any atom is 0.143 e. The van der Waals surface area contributed by atoms with Gasteiger partial charge in [-0.2, -0.15) is 0 Å². The predicted molar refractivity (Wildman–Crippen MR) is 220 cm³/mol. The van der Waals surface area contributed by atoms with Crippen molar-refractivity contribution in [2.24, 2.45) is 0 Å². The molecule has 0 atom stereocenters. The van der Waals surface area contributed by atoms with E-state index >= 15 is 0 Å². The molecule has 1 aromatic heterocycles. The highest BCUT2D eigenvalue weighted by Gasteiger charge is 2.22. The van der Waals surface area contributed by atoms with Crippen molar-refractivity contribution in [2.75, 3.05) is 4.90 Å². The van der Waals surface area contributed by atoms with Gasteiger partial charge in [0.2, 0.25) is 0 Å². The molecule has 0 N–H and O–H groups in total. The van der Waals surface area contributed by atoms with Crippen LogP contribution in [0.3, 0.4) is 0 Å². The Morgan fingerprint density at radius 1 is 0.308 bits per heavy atom. The number of fused-ring (bicyclic) bond motifs is 5. The molecule has 0 spiro atoms. The molecule has 52 heavy (non-hydrogen) atoms. The first kappa shape index (κ1) is 30.0. The summed E-state index contributed by atoms with van der Waals surface area (Å²) in [5.74, 6) is 0. The first-order valence-corrected chi connectivity index (χ1v) is 17.8. The second-order valence-electron chi connectivity index (χ2n) is 13.3. The van der Waals surface area contributed by atoms with Crippen LogP contribution in [0.15, 0.2) is 205 Å². The second kappa shape index (κ2) is 12.5. The highest BCUT2D eigenvalue weighted by atomic mass is 16.3. The standard InChI is InChI=1S/C50H33NO/c1-2-14-37(15-3-1)42-21-11-23-45-46-24-12-22-44(50(46)52-49(42)45)43-20-8-9-25-48(43)51(47-26-10-18-36-16-6-7-19-41(36)47)40-31-29-35(30-32-40)39-28-27-34-13-4-5-17-38(34)33-39/h1-33H. The number of hydrogen-bond donors (Lipinski definition) is 0. The van der Waals surface area contributed by atoms with E-state index in [1.54, 1.807) is 0 Å². The highest BCUT2D eigenvalue weighted by Crippen LogP contribution is 2.47. The summed E-state index contributed by atoms with van der Waals surface area (Å²) in [6, 6.07) is 71.6. The molecule has 0 fully saturated rings. The van der Waals surface area contributed by atoms with E-state index in [9.17, 15) is 0 Å². The molecule has 0 bridgehead atoms. The van der Waals surface area contributed by atoms with Crippen LogP contribution in [0.2, 0.25) is 0 Å². The lowest BCUT2D eigenvalue weighted by atomic mass is 9.97. The van der Waals surface area contributed by atoms with Crippen molar-refractivity contribution in [1.82, 2.24) is 0 Å². The average Bonchev–Trinajstić information content (AvgIpc) is 3.61. The first-order valence-electron chi connectivity index (χ1n) is 17.8. The van der Waals surface area contributed by atoms with Crippen molar-refractivity contribution >= 4 is 60.5 Å². The summed E-state index contributed by atoms with van der Waals surface area (Å²) < 4.78 is 6.92. The normalized spacial score (nSPS) is 11.5. The molecule has 0 unspecified atom stereocenters. The Labute approximate surface area is 302 Å². The van der Waals surface area contributed by atoms with Gasteiger partial charge in [0.05, 0.1) is 11.4 Å².